The van der Waals surface area contributed by atoms with Gasteiger partial charge in [-0.25, -0.2) is 0 Å². The van der Waals surface area contributed by atoms with Gasteiger partial charge in [0.25, 0.3) is 11.6 Å². The van der Waals surface area contributed by atoms with Crippen LogP contribution in [-0.2, 0) is 4.79 Å². The molecule has 144 valence electrons. The second-order valence-electron chi connectivity index (χ2n) is 6.40. The van der Waals surface area contributed by atoms with Crippen molar-refractivity contribution in [1.82, 2.24) is 20.2 Å². The molecular formula is C18H17ClN6O3. The molecule has 2 aromatic carbocycles. The number of amides is 1. The molecule has 9 nitrogen and oxygen atoms in total. The molecular weight excluding hydrogens is 384 g/mol. The topological polar surface area (TPSA) is 116 Å². The molecule has 0 saturated heterocycles. The molecule has 0 aliphatic carbocycles. The van der Waals surface area contributed by atoms with Gasteiger partial charge in [0.2, 0.25) is 5.82 Å². The Morgan fingerprint density at radius 3 is 2.57 bits per heavy atom. The predicted octanol–water partition coefficient (Wildman–Crippen LogP) is 3.74. The van der Waals surface area contributed by atoms with Crippen molar-refractivity contribution in [2.45, 2.75) is 19.9 Å². The second kappa shape index (κ2) is 8.13. The number of hydrogen-bond donors (Lipinski definition) is 1. The number of nitrogens with zero attached hydrogens (tertiary/aromatic N) is 5. The summed E-state index contributed by atoms with van der Waals surface area (Å²) in [7, 11) is 0. The Labute approximate surface area is 165 Å². The summed E-state index contributed by atoms with van der Waals surface area (Å²) in [5.41, 5.74) is 0.756. The summed E-state index contributed by atoms with van der Waals surface area (Å²) in [5, 5.41) is 26.1. The van der Waals surface area contributed by atoms with E-state index < -0.39 is 16.9 Å². The molecule has 1 N–H and O–H groups in total. The van der Waals surface area contributed by atoms with Crippen molar-refractivity contribution in [3.05, 3.63) is 63.7 Å². The van der Waals surface area contributed by atoms with Crippen LogP contribution in [0.4, 0.5) is 11.4 Å². The van der Waals surface area contributed by atoms with Gasteiger partial charge < -0.3 is 5.32 Å². The van der Waals surface area contributed by atoms with Gasteiger partial charge in [-0.1, -0.05) is 55.8 Å². The third kappa shape index (κ3) is 4.15. The molecule has 0 aliphatic rings. The molecule has 1 atom stereocenters. The maximum absolute atomic E-state index is 12.8. The molecule has 1 amide bonds. The molecule has 1 aromatic heterocycles. The number of rotatable bonds is 6. The van der Waals surface area contributed by atoms with Crippen LogP contribution in [0, 0.1) is 16.0 Å². The van der Waals surface area contributed by atoms with Crippen molar-refractivity contribution in [2.75, 3.05) is 5.32 Å². The van der Waals surface area contributed by atoms with Gasteiger partial charge in [0, 0.05) is 17.3 Å². The summed E-state index contributed by atoms with van der Waals surface area (Å²) in [4.78, 5) is 24.5. The van der Waals surface area contributed by atoms with E-state index in [0.29, 0.717) is 5.82 Å². The Morgan fingerprint density at radius 1 is 1.21 bits per heavy atom. The molecule has 10 heteroatoms. The number of benzene rings is 2. The van der Waals surface area contributed by atoms with Crippen molar-refractivity contribution in [1.29, 1.82) is 0 Å². The minimum atomic E-state index is -0.750. The molecule has 0 fully saturated rings. The first-order valence-electron chi connectivity index (χ1n) is 8.46. The molecule has 3 rings (SSSR count). The van der Waals surface area contributed by atoms with Crippen molar-refractivity contribution < 1.29 is 9.72 Å². The van der Waals surface area contributed by atoms with Crippen molar-refractivity contribution >= 4 is 28.9 Å². The van der Waals surface area contributed by atoms with Gasteiger partial charge in [-0.15, -0.1) is 10.2 Å². The molecule has 0 saturated carbocycles. The Kier molecular flexibility index (Phi) is 5.65. The van der Waals surface area contributed by atoms with E-state index in [1.165, 1.54) is 23.0 Å². The molecule has 1 unspecified atom stereocenters. The number of halogens is 1. The van der Waals surface area contributed by atoms with Crippen LogP contribution in [0.3, 0.4) is 0 Å². The number of nitro groups is 1. The van der Waals surface area contributed by atoms with E-state index in [1.807, 2.05) is 44.2 Å². The number of carbonyl (C=O) groups is 1. The van der Waals surface area contributed by atoms with Crippen molar-refractivity contribution in [3.8, 4) is 11.4 Å². The lowest BCUT2D eigenvalue weighted by atomic mass is 10.0. The zero-order valence-corrected chi connectivity index (χ0v) is 15.9. The van der Waals surface area contributed by atoms with Gasteiger partial charge in [0.1, 0.15) is 5.02 Å². The zero-order chi connectivity index (χ0) is 20.3. The molecule has 0 radical (unpaired) electrons. The van der Waals surface area contributed by atoms with Crippen LogP contribution in [0.2, 0.25) is 5.02 Å². The smallest absolute Gasteiger partial charge is 0.289 e. The third-order valence-corrected chi connectivity index (χ3v) is 4.34. The maximum Gasteiger partial charge on any atom is 0.289 e. The fourth-order valence-corrected chi connectivity index (χ4v) is 2.85. The van der Waals surface area contributed by atoms with Gasteiger partial charge in [-0.3, -0.25) is 14.9 Å². The number of aromatic nitrogens is 4. The van der Waals surface area contributed by atoms with Gasteiger partial charge in [-0.2, -0.15) is 4.80 Å². The summed E-state index contributed by atoms with van der Waals surface area (Å²) < 4.78 is 0. The van der Waals surface area contributed by atoms with E-state index in [2.05, 4.69) is 20.7 Å². The molecule has 3 aromatic rings. The van der Waals surface area contributed by atoms with Crippen molar-refractivity contribution in [2.24, 2.45) is 5.92 Å². The fourth-order valence-electron chi connectivity index (χ4n) is 2.67. The zero-order valence-electron chi connectivity index (χ0n) is 15.1. The predicted molar refractivity (Wildman–Crippen MR) is 104 cm³/mol. The number of hydrogen-bond acceptors (Lipinski definition) is 6. The highest BCUT2D eigenvalue weighted by molar-refractivity contribution is 6.32. The SMILES string of the molecule is CC(C)C(C(=O)Nc1ccc(Cl)c([N+](=O)[O-])c1)n1nnc(-c2ccccc2)n1. The number of tetrazole rings is 1. The quantitative estimate of drug-likeness (QED) is 0.497. The third-order valence-electron chi connectivity index (χ3n) is 4.02. The highest BCUT2D eigenvalue weighted by Gasteiger charge is 2.28. The Bertz CT molecular complexity index is 1010. The number of anilines is 1. The van der Waals surface area contributed by atoms with Crippen LogP contribution in [0.15, 0.2) is 48.5 Å². The lowest BCUT2D eigenvalue weighted by Gasteiger charge is -2.18. The van der Waals surface area contributed by atoms with Crippen molar-refractivity contribution in [3.63, 3.8) is 0 Å². The van der Waals surface area contributed by atoms with Crippen LogP contribution in [0.1, 0.15) is 19.9 Å². The van der Waals surface area contributed by atoms with E-state index in [9.17, 15) is 14.9 Å². The minimum absolute atomic E-state index is 0.00569. The Balaban J connectivity index is 1.85. The minimum Gasteiger partial charge on any atom is -0.324 e. The lowest BCUT2D eigenvalue weighted by Crippen LogP contribution is -2.31. The lowest BCUT2D eigenvalue weighted by molar-refractivity contribution is -0.384. The summed E-state index contributed by atoms with van der Waals surface area (Å²) in [6, 6.07) is 12.6. The second-order valence-corrected chi connectivity index (χ2v) is 6.81. The van der Waals surface area contributed by atoms with Gasteiger partial charge in [0.05, 0.1) is 4.92 Å². The summed E-state index contributed by atoms with van der Waals surface area (Å²) in [6.45, 7) is 3.69. The Morgan fingerprint density at radius 2 is 1.93 bits per heavy atom. The highest BCUT2D eigenvalue weighted by Crippen LogP contribution is 2.28. The van der Waals surface area contributed by atoms with Crippen LogP contribution in [0.25, 0.3) is 11.4 Å². The van der Waals surface area contributed by atoms with E-state index in [-0.39, 0.29) is 22.3 Å². The molecule has 1 heterocycles. The summed E-state index contributed by atoms with van der Waals surface area (Å²) >= 11 is 5.81. The average Bonchev–Trinajstić information content (AvgIpc) is 3.13. The first kappa shape index (κ1) is 19.4. The van der Waals surface area contributed by atoms with Crippen LogP contribution < -0.4 is 5.32 Å². The molecule has 28 heavy (non-hydrogen) atoms. The average molecular weight is 401 g/mol. The normalized spacial score (nSPS) is 12.0. The van der Waals surface area contributed by atoms with Gasteiger partial charge >= 0.3 is 0 Å². The first-order chi connectivity index (χ1) is 13.4. The number of nitrogens with one attached hydrogen (secondary N) is 1. The van der Waals surface area contributed by atoms with E-state index in [0.717, 1.165) is 5.56 Å². The largest absolute Gasteiger partial charge is 0.324 e. The van der Waals surface area contributed by atoms with Crippen LogP contribution in [-0.4, -0.2) is 31.0 Å². The fraction of sp³-hybridized carbons (Fsp3) is 0.222. The first-order valence-corrected chi connectivity index (χ1v) is 8.84. The van der Waals surface area contributed by atoms with Gasteiger partial charge in [0.15, 0.2) is 6.04 Å². The monoisotopic (exact) mass is 400 g/mol. The van der Waals surface area contributed by atoms with E-state index in [4.69, 9.17) is 11.6 Å². The summed E-state index contributed by atoms with van der Waals surface area (Å²) in [5.74, 6) is -0.162. The number of nitro benzene ring substituents is 1. The van der Waals surface area contributed by atoms with E-state index >= 15 is 0 Å². The Hall–Kier alpha value is -3.33. The van der Waals surface area contributed by atoms with E-state index in [1.54, 1.807) is 0 Å². The summed E-state index contributed by atoms with van der Waals surface area (Å²) in [6.07, 6.45) is 0. The van der Waals surface area contributed by atoms with Gasteiger partial charge in [-0.05, 0) is 23.3 Å². The molecule has 0 aliphatic heterocycles. The standard InChI is InChI=1S/C18H17ClN6O3/c1-11(2)16(24-22-17(21-23-24)12-6-4-3-5-7-12)18(26)20-13-8-9-14(19)15(10-13)25(27)28/h3-11,16H,1-2H3,(H,20,26). The molecule has 0 spiro atoms. The number of carbonyl (C=O) groups excluding carboxylic acids is 1. The highest BCUT2D eigenvalue weighted by atomic mass is 35.5. The van der Waals surface area contributed by atoms with Crippen LogP contribution in [0.5, 0.6) is 0 Å². The maximum atomic E-state index is 12.8. The molecule has 0 bridgehead atoms. The van der Waals surface area contributed by atoms with Crippen LogP contribution >= 0.6 is 11.6 Å².